The summed E-state index contributed by atoms with van der Waals surface area (Å²) in [6.45, 7) is 2.41. The van der Waals surface area contributed by atoms with Gasteiger partial charge in [-0.25, -0.2) is 8.42 Å². The van der Waals surface area contributed by atoms with Crippen molar-refractivity contribution in [2.45, 2.75) is 43.3 Å². The molecule has 28 heavy (non-hydrogen) atoms. The Morgan fingerprint density at radius 2 is 1.96 bits per heavy atom. The molecule has 0 bridgehead atoms. The van der Waals surface area contributed by atoms with Crippen LogP contribution >= 0.6 is 11.8 Å². The molecule has 4 rings (SSSR count). The maximum absolute atomic E-state index is 12.8. The lowest BCUT2D eigenvalue weighted by Gasteiger charge is -2.26. The quantitative estimate of drug-likeness (QED) is 0.639. The molecule has 1 atom stereocenters. The smallest absolute Gasteiger partial charge is 0.233 e. The van der Waals surface area contributed by atoms with Crippen LogP contribution in [0.4, 0.5) is 0 Å². The Labute approximate surface area is 169 Å². The van der Waals surface area contributed by atoms with E-state index in [2.05, 4.69) is 10.2 Å². The number of rotatable bonds is 7. The fourth-order valence-electron chi connectivity index (χ4n) is 3.67. The second-order valence-corrected chi connectivity index (χ2v) is 10.5. The summed E-state index contributed by atoms with van der Waals surface area (Å²) in [7, 11) is -3.02. The lowest BCUT2D eigenvalue weighted by atomic mass is 10.2. The average molecular weight is 421 g/mol. The summed E-state index contributed by atoms with van der Waals surface area (Å²) in [6.07, 6.45) is 2.77. The van der Waals surface area contributed by atoms with Crippen molar-refractivity contribution in [1.29, 1.82) is 0 Å². The maximum atomic E-state index is 12.8. The van der Waals surface area contributed by atoms with Crippen LogP contribution in [0.5, 0.6) is 0 Å². The summed E-state index contributed by atoms with van der Waals surface area (Å²) in [6, 6.07) is 9.74. The first-order chi connectivity index (χ1) is 13.5. The predicted molar refractivity (Wildman–Crippen MR) is 109 cm³/mol. The number of benzene rings is 1. The van der Waals surface area contributed by atoms with Crippen molar-refractivity contribution in [2.24, 2.45) is 0 Å². The van der Waals surface area contributed by atoms with Crippen molar-refractivity contribution in [3.8, 4) is 5.69 Å². The molecule has 1 amide bonds. The molecule has 9 heteroatoms. The molecule has 1 saturated carbocycles. The first kappa shape index (κ1) is 19.4. The van der Waals surface area contributed by atoms with Crippen molar-refractivity contribution in [1.82, 2.24) is 19.7 Å². The van der Waals surface area contributed by atoms with Gasteiger partial charge in [0.15, 0.2) is 15.0 Å². The highest BCUT2D eigenvalue weighted by molar-refractivity contribution is 7.99. The number of para-hydroxylation sites is 1. The van der Waals surface area contributed by atoms with Crippen molar-refractivity contribution in [2.75, 3.05) is 23.8 Å². The fraction of sp³-hybridized carbons (Fsp3) is 0.526. The molecule has 2 heterocycles. The minimum Gasteiger partial charge on any atom is -0.338 e. The van der Waals surface area contributed by atoms with Gasteiger partial charge in [0, 0.05) is 24.2 Å². The van der Waals surface area contributed by atoms with Gasteiger partial charge >= 0.3 is 0 Å². The molecule has 1 aromatic heterocycles. The molecule has 150 valence electrons. The standard InChI is InChI=1S/C19H24N4O3S2/c1-2-22(16-10-11-28(25,26)13-16)17(24)12-27-19-21-20-18(14-8-9-14)23(19)15-6-4-3-5-7-15/h3-7,14,16H,2,8-13H2,1H3. The van der Waals surface area contributed by atoms with Crippen LogP contribution in [0.25, 0.3) is 5.69 Å². The predicted octanol–water partition coefficient (Wildman–Crippen LogP) is 2.27. The van der Waals surface area contributed by atoms with Gasteiger partial charge in [-0.15, -0.1) is 10.2 Å². The summed E-state index contributed by atoms with van der Waals surface area (Å²) < 4.78 is 25.6. The lowest BCUT2D eigenvalue weighted by Crippen LogP contribution is -2.42. The van der Waals surface area contributed by atoms with Crippen LogP contribution < -0.4 is 0 Å². The summed E-state index contributed by atoms with van der Waals surface area (Å²) >= 11 is 1.37. The third kappa shape index (κ3) is 4.10. The van der Waals surface area contributed by atoms with Crippen LogP contribution in [0.1, 0.15) is 37.9 Å². The third-order valence-electron chi connectivity index (χ3n) is 5.25. The second-order valence-electron chi connectivity index (χ2n) is 7.31. The van der Waals surface area contributed by atoms with E-state index in [0.717, 1.165) is 24.4 Å². The SMILES string of the molecule is CCN(C(=O)CSc1nnc(C2CC2)n1-c1ccccc1)C1CCS(=O)(=O)C1. The third-order valence-corrected chi connectivity index (χ3v) is 7.91. The summed E-state index contributed by atoms with van der Waals surface area (Å²) in [5.41, 5.74) is 0.999. The van der Waals surface area contributed by atoms with Gasteiger partial charge < -0.3 is 4.90 Å². The molecule has 1 unspecified atom stereocenters. The largest absolute Gasteiger partial charge is 0.338 e. The van der Waals surface area contributed by atoms with E-state index in [9.17, 15) is 13.2 Å². The summed E-state index contributed by atoms with van der Waals surface area (Å²) in [5.74, 6) is 1.81. The van der Waals surface area contributed by atoms with Crippen LogP contribution in [0.15, 0.2) is 35.5 Å². The number of carbonyl (C=O) groups excluding carboxylic acids is 1. The second kappa shape index (κ2) is 7.87. The molecule has 0 N–H and O–H groups in total. The van der Waals surface area contributed by atoms with Crippen molar-refractivity contribution >= 4 is 27.5 Å². The number of amides is 1. The van der Waals surface area contributed by atoms with Gasteiger partial charge in [0.2, 0.25) is 5.91 Å². The highest BCUT2D eigenvalue weighted by atomic mass is 32.2. The Morgan fingerprint density at radius 3 is 2.57 bits per heavy atom. The van der Waals surface area contributed by atoms with E-state index in [1.165, 1.54) is 11.8 Å². The Hall–Kier alpha value is -1.87. The summed E-state index contributed by atoms with van der Waals surface area (Å²) in [4.78, 5) is 14.5. The van der Waals surface area contributed by atoms with E-state index in [0.29, 0.717) is 24.0 Å². The molecule has 2 aliphatic rings. The zero-order chi connectivity index (χ0) is 19.7. The number of nitrogens with zero attached hydrogens (tertiary/aromatic N) is 4. The number of hydrogen-bond acceptors (Lipinski definition) is 6. The van der Waals surface area contributed by atoms with Crippen LogP contribution in [0.3, 0.4) is 0 Å². The number of hydrogen-bond donors (Lipinski definition) is 0. The van der Waals surface area contributed by atoms with Crippen molar-refractivity contribution in [3.05, 3.63) is 36.2 Å². The molecule has 2 fully saturated rings. The molecular formula is C19H24N4O3S2. The minimum atomic E-state index is -3.02. The number of carbonyl (C=O) groups is 1. The van der Waals surface area contributed by atoms with E-state index >= 15 is 0 Å². The Morgan fingerprint density at radius 1 is 1.21 bits per heavy atom. The van der Waals surface area contributed by atoms with Gasteiger partial charge in [0.05, 0.1) is 17.3 Å². The van der Waals surface area contributed by atoms with Gasteiger partial charge in [0.25, 0.3) is 0 Å². The van der Waals surface area contributed by atoms with Gasteiger partial charge in [-0.1, -0.05) is 30.0 Å². The van der Waals surface area contributed by atoms with E-state index in [1.807, 2.05) is 41.8 Å². The normalized spacial score (nSPS) is 21.0. The highest BCUT2D eigenvalue weighted by Gasteiger charge is 2.34. The van der Waals surface area contributed by atoms with Crippen LogP contribution in [0.2, 0.25) is 0 Å². The Kier molecular flexibility index (Phi) is 5.46. The van der Waals surface area contributed by atoms with Gasteiger partial charge in [-0.3, -0.25) is 9.36 Å². The van der Waals surface area contributed by atoms with Crippen molar-refractivity contribution in [3.63, 3.8) is 0 Å². The van der Waals surface area contributed by atoms with Crippen LogP contribution in [0, 0.1) is 0 Å². The van der Waals surface area contributed by atoms with E-state index < -0.39 is 9.84 Å². The molecule has 2 aromatic rings. The molecule has 1 aromatic carbocycles. The first-order valence-corrected chi connectivity index (χ1v) is 12.4. The molecule has 0 radical (unpaired) electrons. The van der Waals surface area contributed by atoms with Crippen molar-refractivity contribution < 1.29 is 13.2 Å². The van der Waals surface area contributed by atoms with Crippen LogP contribution in [-0.2, 0) is 14.6 Å². The van der Waals surface area contributed by atoms with Gasteiger partial charge in [-0.05, 0) is 38.3 Å². The molecule has 1 saturated heterocycles. The number of thioether (sulfide) groups is 1. The molecule has 7 nitrogen and oxygen atoms in total. The number of aromatic nitrogens is 3. The van der Waals surface area contributed by atoms with Gasteiger partial charge in [-0.2, -0.15) is 0 Å². The topological polar surface area (TPSA) is 85.2 Å². The average Bonchev–Trinajstić information content (AvgIpc) is 3.34. The number of sulfone groups is 1. The first-order valence-electron chi connectivity index (χ1n) is 9.62. The molecular weight excluding hydrogens is 396 g/mol. The molecule has 1 aliphatic heterocycles. The summed E-state index contributed by atoms with van der Waals surface area (Å²) in [5, 5.41) is 9.43. The van der Waals surface area contributed by atoms with Crippen LogP contribution in [-0.4, -0.2) is 63.8 Å². The van der Waals surface area contributed by atoms with E-state index in [-0.39, 0.29) is 29.2 Å². The van der Waals surface area contributed by atoms with E-state index in [4.69, 9.17) is 0 Å². The van der Waals surface area contributed by atoms with E-state index in [1.54, 1.807) is 4.90 Å². The zero-order valence-corrected chi connectivity index (χ0v) is 17.5. The minimum absolute atomic E-state index is 0.0508. The molecule has 0 spiro atoms. The Balaban J connectivity index is 1.50. The van der Waals surface area contributed by atoms with Gasteiger partial charge in [0.1, 0.15) is 5.82 Å². The molecule has 1 aliphatic carbocycles. The zero-order valence-electron chi connectivity index (χ0n) is 15.8. The Bertz CT molecular complexity index is 955. The lowest BCUT2D eigenvalue weighted by molar-refractivity contribution is -0.129. The highest BCUT2D eigenvalue weighted by Crippen LogP contribution is 2.41. The maximum Gasteiger partial charge on any atom is 0.233 e. The fourth-order valence-corrected chi connectivity index (χ4v) is 6.24. The monoisotopic (exact) mass is 420 g/mol.